The molecule has 0 aliphatic carbocycles. The number of halogens is 1. The van der Waals surface area contributed by atoms with Crippen molar-refractivity contribution >= 4 is 115 Å². The third kappa shape index (κ3) is 2.55. The Morgan fingerprint density at radius 1 is 0.778 bits per heavy atom. The maximum absolute atomic E-state index is 10.6. The summed E-state index contributed by atoms with van der Waals surface area (Å²) in [4.78, 5) is 0. The van der Waals surface area contributed by atoms with Crippen molar-refractivity contribution in [1.82, 2.24) is 0 Å². The molecule has 2 nitrogen and oxygen atoms in total. The molecule has 3 aromatic carbocycles. The molecule has 0 saturated carbocycles. The summed E-state index contributed by atoms with van der Waals surface area (Å²) >= 11 is 6.35. The average Bonchev–Trinajstić information content (AvgIpc) is 2.78. The fourth-order valence-electron chi connectivity index (χ4n) is 4.28. The van der Waals surface area contributed by atoms with Crippen LogP contribution in [0.4, 0.5) is 0 Å². The summed E-state index contributed by atoms with van der Waals surface area (Å²) in [6.07, 6.45) is 0. The summed E-state index contributed by atoms with van der Waals surface area (Å²) in [6.45, 7) is 0. The number of rotatable bonds is 0. The first kappa shape index (κ1) is 18.5. The molecule has 0 saturated heterocycles. The summed E-state index contributed by atoms with van der Waals surface area (Å²) < 4.78 is 6.01. The quantitative estimate of drug-likeness (QED) is 0.403. The van der Waals surface area contributed by atoms with Gasteiger partial charge in [-0.3, -0.25) is 0 Å². The van der Waals surface area contributed by atoms with E-state index in [1.165, 1.54) is 45.2 Å². The number of hydrogen-bond donors (Lipinski definition) is 1. The van der Waals surface area contributed by atoms with Gasteiger partial charge in [-0.25, -0.2) is 0 Å². The molecule has 0 atom stereocenters. The predicted molar refractivity (Wildman–Crippen MR) is 136 cm³/mol. The van der Waals surface area contributed by atoms with E-state index in [-0.39, 0.29) is 5.65 Å². The molecule has 27 heavy (non-hydrogen) atoms. The van der Waals surface area contributed by atoms with Gasteiger partial charge in [-0.05, 0) is 0 Å². The third-order valence-electron chi connectivity index (χ3n) is 6.26. The molecule has 0 amide bonds. The third-order valence-corrected chi connectivity index (χ3v) is 6.49. The van der Waals surface area contributed by atoms with Crippen molar-refractivity contribution in [2.75, 3.05) is 0 Å². The first-order chi connectivity index (χ1) is 12.7. The van der Waals surface area contributed by atoms with Crippen molar-refractivity contribution in [1.29, 1.82) is 0 Å². The summed E-state index contributed by atoms with van der Waals surface area (Å²) in [5, 5.41) is 13.6. The van der Waals surface area contributed by atoms with E-state index >= 15 is 0 Å². The topological polar surface area (TPSA) is 29.5 Å². The van der Waals surface area contributed by atoms with Gasteiger partial charge < -0.3 is 0 Å². The van der Waals surface area contributed by atoms with E-state index in [4.69, 9.17) is 16.3 Å². The molecule has 0 fully saturated rings. The molecule has 4 rings (SSSR count). The SMILES string of the molecule is Bc1c(B)c(B)c2c3c(c(B)c(B)c2c1B)OB=C(O)c1ccc(Cl)cc1-3. The molecule has 0 aromatic heterocycles. The van der Waals surface area contributed by atoms with Gasteiger partial charge in [0, 0.05) is 0 Å². The Balaban J connectivity index is 2.34. The van der Waals surface area contributed by atoms with Crippen LogP contribution in [0.3, 0.4) is 0 Å². The zero-order chi connectivity index (χ0) is 19.6. The number of fused-ring (bicyclic) bond motifs is 5. The summed E-state index contributed by atoms with van der Waals surface area (Å²) in [6, 6.07) is 5.57. The number of hydrogen-bond acceptors (Lipinski definition) is 2. The van der Waals surface area contributed by atoms with E-state index in [9.17, 15) is 5.11 Å². The van der Waals surface area contributed by atoms with E-state index in [0.29, 0.717) is 5.02 Å². The van der Waals surface area contributed by atoms with Gasteiger partial charge in [0.1, 0.15) is 0 Å². The minimum atomic E-state index is 0.112. The second kappa shape index (κ2) is 6.34. The molecule has 10 heteroatoms. The van der Waals surface area contributed by atoms with Gasteiger partial charge in [0.2, 0.25) is 0 Å². The van der Waals surface area contributed by atoms with Gasteiger partial charge in [0.15, 0.2) is 0 Å². The molecular formula is C17H16B7ClO2. The Bertz CT molecular complexity index is 1190. The van der Waals surface area contributed by atoms with Gasteiger partial charge in [-0.1, -0.05) is 0 Å². The van der Waals surface area contributed by atoms with Crippen molar-refractivity contribution in [3.63, 3.8) is 0 Å². The zero-order valence-electron chi connectivity index (χ0n) is 16.5. The fourth-order valence-corrected chi connectivity index (χ4v) is 4.45. The molecule has 1 N–H and O–H groups in total. The Morgan fingerprint density at radius 2 is 1.37 bits per heavy atom. The number of aliphatic hydroxyl groups excluding tert-OH is 1. The van der Waals surface area contributed by atoms with Crippen LogP contribution in [0, 0.1) is 0 Å². The van der Waals surface area contributed by atoms with Crippen LogP contribution in [0.15, 0.2) is 18.2 Å². The van der Waals surface area contributed by atoms with Crippen molar-refractivity contribution in [3.05, 3.63) is 28.8 Å². The zero-order valence-corrected chi connectivity index (χ0v) is 17.3. The molecule has 3 aromatic rings. The predicted octanol–water partition coefficient (Wildman–Crippen LogP) is -6.43. The van der Waals surface area contributed by atoms with Gasteiger partial charge in [0.05, 0.1) is 0 Å². The standard InChI is InChI=1S/C17H16B7ClO2/c18-10-8-7-6-3-4(25)1-2-5(6)17(26)24-27-16(7)15(23)12(20)9(8)11(19)14(22)13(10)21/h1-3,26H,18-23H2. The fraction of sp³-hybridized carbons (Fsp3) is 0. The molecule has 1 aliphatic heterocycles. The molecule has 0 spiro atoms. The van der Waals surface area contributed by atoms with Crippen molar-refractivity contribution in [2.24, 2.45) is 0 Å². The first-order valence-corrected chi connectivity index (χ1v) is 9.51. The van der Waals surface area contributed by atoms with Gasteiger partial charge >= 0.3 is 170 Å². The molecule has 0 radical (unpaired) electrons. The van der Waals surface area contributed by atoms with Crippen molar-refractivity contribution in [2.45, 2.75) is 0 Å². The Morgan fingerprint density at radius 3 is 2.04 bits per heavy atom. The van der Waals surface area contributed by atoms with E-state index in [0.717, 1.165) is 27.9 Å². The Labute approximate surface area is 170 Å². The van der Waals surface area contributed by atoms with Crippen LogP contribution in [0.5, 0.6) is 5.75 Å². The van der Waals surface area contributed by atoms with Gasteiger partial charge in [-0.15, -0.1) is 0 Å². The van der Waals surface area contributed by atoms with E-state index < -0.39 is 0 Å². The Hall–Kier alpha value is -1.87. The Kier molecular flexibility index (Phi) is 4.34. The summed E-state index contributed by atoms with van der Waals surface area (Å²) in [5.74, 6) is 0.790. The number of aliphatic hydroxyl groups is 1. The summed E-state index contributed by atoms with van der Waals surface area (Å²) in [7, 11) is 14.4. The molecule has 1 aliphatic rings. The molecule has 0 bridgehead atoms. The van der Waals surface area contributed by atoms with Crippen molar-refractivity contribution in [3.8, 4) is 16.9 Å². The molecule has 124 valence electrons. The van der Waals surface area contributed by atoms with Gasteiger partial charge in [-0.2, -0.15) is 0 Å². The molecule has 1 heterocycles. The second-order valence-corrected chi connectivity index (χ2v) is 7.95. The van der Waals surface area contributed by atoms with E-state index in [1.807, 2.05) is 12.1 Å². The van der Waals surface area contributed by atoms with Crippen molar-refractivity contribution < 1.29 is 9.76 Å². The van der Waals surface area contributed by atoms with Crippen LogP contribution in [0.25, 0.3) is 21.9 Å². The normalized spacial score (nSPS) is 12.4. The van der Waals surface area contributed by atoms with E-state index in [1.54, 1.807) is 6.07 Å². The second-order valence-electron chi connectivity index (χ2n) is 7.51. The van der Waals surface area contributed by atoms with Crippen LogP contribution in [-0.2, 0) is 0 Å². The molecular weight excluding hydrogens is 347 g/mol. The van der Waals surface area contributed by atoms with Crippen LogP contribution < -0.4 is 37.4 Å². The molecule has 0 unspecified atom stereocenters. The van der Waals surface area contributed by atoms with Crippen LogP contribution in [-0.4, -0.2) is 65.0 Å². The van der Waals surface area contributed by atoms with Crippen LogP contribution in [0.2, 0.25) is 5.02 Å². The van der Waals surface area contributed by atoms with E-state index in [2.05, 4.69) is 47.1 Å². The van der Waals surface area contributed by atoms with Crippen LogP contribution >= 0.6 is 11.6 Å². The average molecular weight is 363 g/mol. The first-order valence-electron chi connectivity index (χ1n) is 9.13. The number of benzene rings is 3. The summed E-state index contributed by atoms with van der Waals surface area (Å²) in [5.41, 5.74) is 10.2. The minimum absolute atomic E-state index is 0.112. The van der Waals surface area contributed by atoms with Gasteiger partial charge in [0.25, 0.3) is 0 Å². The van der Waals surface area contributed by atoms with Crippen LogP contribution in [0.1, 0.15) is 5.56 Å². The maximum atomic E-state index is 10.6. The monoisotopic (exact) mass is 364 g/mol.